The van der Waals surface area contributed by atoms with Crippen LogP contribution in [0.4, 0.5) is 55.3 Å². The van der Waals surface area contributed by atoms with Crippen molar-refractivity contribution in [2.24, 2.45) is 0 Å². The summed E-state index contributed by atoms with van der Waals surface area (Å²) < 4.78 is 137. The van der Waals surface area contributed by atoms with E-state index in [0.29, 0.717) is 17.8 Å². The number of carbonyl (C=O) groups excluding carboxylic acids is 1. The average Bonchev–Trinajstić information content (AvgIpc) is 2.70. The molecule has 15 heteroatoms. The van der Waals surface area contributed by atoms with Gasteiger partial charge in [-0.2, -0.15) is 39.5 Å². The van der Waals surface area contributed by atoms with Gasteiger partial charge in [-0.3, -0.25) is 4.79 Å². The quantitative estimate of drug-likeness (QED) is 0.358. The first kappa shape index (κ1) is 27.1. The maximum atomic E-state index is 14.9. The van der Waals surface area contributed by atoms with Crippen LogP contribution in [0.3, 0.4) is 0 Å². The number of carbonyl (C=O) groups is 1. The highest BCUT2D eigenvalue weighted by atomic mass is 79.9. The van der Waals surface area contributed by atoms with Crippen molar-refractivity contribution < 1.29 is 48.7 Å². The predicted octanol–water partition coefficient (Wildman–Crippen LogP) is 7.76. The molecule has 0 heterocycles. The number of alkyl halides is 10. The lowest BCUT2D eigenvalue weighted by molar-refractivity contribution is -0.306. The van der Waals surface area contributed by atoms with E-state index in [2.05, 4.69) is 5.32 Å². The summed E-state index contributed by atoms with van der Waals surface area (Å²) in [5, 5.41) is -2.22. The fourth-order valence-corrected chi connectivity index (χ4v) is 6.89. The van der Waals surface area contributed by atoms with Crippen molar-refractivity contribution in [1.82, 2.24) is 0 Å². The van der Waals surface area contributed by atoms with Gasteiger partial charge in [-0.05, 0) is 53.6 Å². The minimum Gasteiger partial charge on any atom is -0.388 e. The molecule has 0 aromatic heterocycles. The molecular formula is C18H13BrF10N2OS. The van der Waals surface area contributed by atoms with Crippen LogP contribution in [0.5, 0.6) is 0 Å². The van der Waals surface area contributed by atoms with Gasteiger partial charge in [0.05, 0.1) is 5.69 Å². The molecule has 184 valence electrons. The molecule has 1 amide bonds. The van der Waals surface area contributed by atoms with Crippen LogP contribution in [-0.2, 0) is 0 Å². The average molecular weight is 575 g/mol. The van der Waals surface area contributed by atoms with Crippen LogP contribution in [-0.4, -0.2) is 35.8 Å². The third-order valence-electron chi connectivity index (χ3n) is 4.29. The van der Waals surface area contributed by atoms with Crippen LogP contribution in [0.1, 0.15) is 10.4 Å². The number of anilines is 2. The van der Waals surface area contributed by atoms with Crippen LogP contribution < -0.4 is 10.6 Å². The Morgan fingerprint density at radius 3 is 1.88 bits per heavy atom. The standard InChI is InChI=1S/C18H13BrF10N2OS/c1-30-11-6-4-5-10(9-11)14(32)31-12-7-2-3-8-13(12)33(19,18(27,28)29)15(20,16(21,22)23)17(24,25)26/h2-9,30H,1H3,(H,31,32). The first-order valence-electron chi connectivity index (χ1n) is 8.51. The summed E-state index contributed by atoms with van der Waals surface area (Å²) in [6.45, 7) is 0. The number of halogens is 11. The zero-order valence-corrected chi connectivity index (χ0v) is 18.5. The van der Waals surface area contributed by atoms with Crippen LogP contribution in [0, 0.1) is 0 Å². The van der Waals surface area contributed by atoms with E-state index in [1.807, 2.05) is 5.32 Å². The maximum Gasteiger partial charge on any atom is 0.441 e. The molecule has 0 saturated carbocycles. The Morgan fingerprint density at radius 2 is 1.39 bits per heavy atom. The largest absolute Gasteiger partial charge is 0.441 e. The van der Waals surface area contributed by atoms with E-state index in [1.54, 1.807) is 0 Å². The van der Waals surface area contributed by atoms with E-state index < -0.39 is 47.8 Å². The minimum absolute atomic E-state index is 0.183. The van der Waals surface area contributed by atoms with Gasteiger partial charge in [-0.1, -0.05) is 18.2 Å². The summed E-state index contributed by atoms with van der Waals surface area (Å²) in [6, 6.07) is 7.80. The summed E-state index contributed by atoms with van der Waals surface area (Å²) in [7, 11) is -5.11. The molecule has 1 unspecified atom stereocenters. The Morgan fingerprint density at radius 1 is 0.848 bits per heavy atom. The Kier molecular flexibility index (Phi) is 7.30. The van der Waals surface area contributed by atoms with Crippen molar-refractivity contribution in [3.05, 3.63) is 54.1 Å². The predicted molar refractivity (Wildman–Crippen MR) is 107 cm³/mol. The molecule has 3 nitrogen and oxygen atoms in total. The summed E-state index contributed by atoms with van der Waals surface area (Å²) in [5.74, 6) is -1.15. The molecule has 0 bridgehead atoms. The van der Waals surface area contributed by atoms with Crippen LogP contribution in [0.2, 0.25) is 0 Å². The number of para-hydroxylation sites is 1. The number of rotatable bonds is 5. The van der Waals surface area contributed by atoms with Crippen molar-refractivity contribution >= 4 is 40.6 Å². The van der Waals surface area contributed by atoms with Crippen molar-refractivity contribution in [3.8, 4) is 0 Å². The van der Waals surface area contributed by atoms with Gasteiger partial charge in [-0.15, -0.1) is 0 Å². The van der Waals surface area contributed by atoms with E-state index in [4.69, 9.17) is 0 Å². The fourth-order valence-electron chi connectivity index (χ4n) is 2.74. The van der Waals surface area contributed by atoms with Gasteiger partial charge in [-0.25, -0.2) is 4.39 Å². The zero-order chi connectivity index (χ0) is 25.5. The lowest BCUT2D eigenvalue weighted by Gasteiger charge is -2.47. The Balaban J connectivity index is 2.76. The molecule has 0 aliphatic carbocycles. The second kappa shape index (κ2) is 8.89. The number of amides is 1. The maximum absolute atomic E-state index is 14.9. The first-order valence-corrected chi connectivity index (χ1v) is 12.0. The van der Waals surface area contributed by atoms with E-state index >= 15 is 0 Å². The van der Waals surface area contributed by atoms with Gasteiger partial charge >= 0.3 is 22.9 Å². The highest BCUT2D eigenvalue weighted by Crippen LogP contribution is 2.86. The van der Waals surface area contributed by atoms with Crippen molar-refractivity contribution in [2.45, 2.75) is 27.8 Å². The zero-order valence-electron chi connectivity index (χ0n) is 16.1. The van der Waals surface area contributed by atoms with Crippen molar-refractivity contribution in [2.75, 3.05) is 17.7 Å². The van der Waals surface area contributed by atoms with E-state index in [0.717, 1.165) is 6.07 Å². The highest BCUT2D eigenvalue weighted by Gasteiger charge is 2.85. The molecule has 2 aromatic rings. The molecule has 0 fully saturated rings. The summed E-state index contributed by atoms with van der Waals surface area (Å²) >= 11 is 1.51. The van der Waals surface area contributed by atoms with Gasteiger partial charge in [0.15, 0.2) is 0 Å². The molecule has 33 heavy (non-hydrogen) atoms. The molecule has 1 atom stereocenters. The van der Waals surface area contributed by atoms with Crippen molar-refractivity contribution in [3.63, 3.8) is 0 Å². The van der Waals surface area contributed by atoms with Crippen LogP contribution in [0.15, 0.2) is 53.4 Å². The summed E-state index contributed by atoms with van der Waals surface area (Å²) in [6.07, 6.45) is -14.0. The number of nitrogens with one attached hydrogen (secondary N) is 2. The topological polar surface area (TPSA) is 41.1 Å². The number of benzene rings is 2. The van der Waals surface area contributed by atoms with Gasteiger partial charge in [0, 0.05) is 23.2 Å². The Labute approximate surface area is 189 Å². The van der Waals surface area contributed by atoms with Gasteiger partial charge in [0.2, 0.25) is 0 Å². The third kappa shape index (κ3) is 4.61. The second-order valence-corrected chi connectivity index (χ2v) is 11.8. The molecule has 2 N–H and O–H groups in total. The van der Waals surface area contributed by atoms with Gasteiger partial charge in [0.25, 0.3) is 5.91 Å². The summed E-state index contributed by atoms with van der Waals surface area (Å²) in [5.41, 5.74) is -7.28. The highest BCUT2D eigenvalue weighted by molar-refractivity contribution is 9.58. The SMILES string of the molecule is CNc1cccc(C(=O)Nc2ccccc2S(Br)(C(F)(F)F)C(F)(C(F)(F)F)C(F)(F)F)c1. The Bertz CT molecular complexity index is 1010. The normalized spacial score (nSPS) is 16.0. The third-order valence-corrected chi connectivity index (χ3v) is 10.6. The molecule has 2 rings (SSSR count). The molecule has 0 aliphatic heterocycles. The molecule has 2 aromatic carbocycles. The molecule has 0 aliphatic rings. The van der Waals surface area contributed by atoms with Crippen molar-refractivity contribution in [1.29, 1.82) is 0 Å². The van der Waals surface area contributed by atoms with Crippen LogP contribution in [0.25, 0.3) is 0 Å². The lowest BCUT2D eigenvalue weighted by atomic mass is 10.2. The van der Waals surface area contributed by atoms with E-state index in [9.17, 15) is 48.7 Å². The monoisotopic (exact) mass is 574 g/mol. The van der Waals surface area contributed by atoms with Crippen LogP contribution >= 0.6 is 23.3 Å². The van der Waals surface area contributed by atoms with E-state index in [1.165, 1.54) is 46.1 Å². The summed E-state index contributed by atoms with van der Waals surface area (Å²) in [4.78, 5) is 10.7. The molecule has 0 spiro atoms. The fraction of sp³-hybridized carbons (Fsp3) is 0.278. The lowest BCUT2D eigenvalue weighted by Crippen LogP contribution is -2.57. The second-order valence-electron chi connectivity index (χ2n) is 6.36. The molecule has 0 saturated heterocycles. The molecule has 0 radical (unpaired) electrons. The smallest absolute Gasteiger partial charge is 0.388 e. The number of hydrogen-bond acceptors (Lipinski definition) is 2. The minimum atomic E-state index is -7.02. The molecular weight excluding hydrogens is 562 g/mol. The van der Waals surface area contributed by atoms with E-state index in [-0.39, 0.29) is 11.6 Å². The first-order chi connectivity index (χ1) is 14.9. The Hall–Kier alpha value is -2.16. The van der Waals surface area contributed by atoms with Gasteiger partial charge < -0.3 is 10.6 Å². The number of hydrogen-bond donors (Lipinski definition) is 2. The van der Waals surface area contributed by atoms with Gasteiger partial charge in [0.1, 0.15) is 0 Å².